The zero-order chi connectivity index (χ0) is 22.1. The fourth-order valence-corrected chi connectivity index (χ4v) is 3.08. The highest BCUT2D eigenvalue weighted by molar-refractivity contribution is 7.80. The highest BCUT2D eigenvalue weighted by Gasteiger charge is 2.25. The van der Waals surface area contributed by atoms with Gasteiger partial charge in [0.25, 0.3) is 0 Å². The van der Waals surface area contributed by atoms with Crippen molar-refractivity contribution in [3.8, 4) is 0 Å². The number of rotatable bonds is 9. The van der Waals surface area contributed by atoms with Crippen molar-refractivity contribution < 1.29 is 14.4 Å². The van der Waals surface area contributed by atoms with Crippen LogP contribution >= 0.6 is 24.4 Å². The molecular weight excluding hydrogens is 418 g/mol. The largest absolute Gasteiger partial charge is 0.398 e. The van der Waals surface area contributed by atoms with E-state index in [0.29, 0.717) is 9.98 Å². The monoisotopic (exact) mass is 441 g/mol. The summed E-state index contributed by atoms with van der Waals surface area (Å²) in [7, 11) is 4.68. The minimum absolute atomic E-state index is 0.103. The van der Waals surface area contributed by atoms with Gasteiger partial charge in [-0.25, -0.2) is 0 Å². The molecule has 156 valence electrons. The van der Waals surface area contributed by atoms with Crippen LogP contribution in [0.1, 0.15) is 11.1 Å². The maximum Gasteiger partial charge on any atom is 0.207 e. The lowest BCUT2D eigenvalue weighted by atomic mass is 10.1. The van der Waals surface area contributed by atoms with Crippen LogP contribution < -0.4 is 0 Å². The first-order valence-electron chi connectivity index (χ1n) is 9.13. The molecular formula is C22H23N3O3S2. The van der Waals surface area contributed by atoms with Gasteiger partial charge in [-0.1, -0.05) is 90.3 Å². The van der Waals surface area contributed by atoms with Crippen molar-refractivity contribution in [1.82, 2.24) is 9.80 Å². The number of nitrogens with zero attached hydrogens (tertiary/aromatic N) is 3. The van der Waals surface area contributed by atoms with Crippen LogP contribution in [0.5, 0.6) is 0 Å². The summed E-state index contributed by atoms with van der Waals surface area (Å²) in [5.41, 5.74) is 1.35. The third kappa shape index (κ3) is 6.27. The van der Waals surface area contributed by atoms with Crippen LogP contribution in [0, 0.1) is 0 Å². The average Bonchev–Trinajstić information content (AvgIpc) is 2.77. The Morgan fingerprint density at radius 3 is 1.50 bits per heavy atom. The number of Topliss-reactive ketones (excluding diaryl/α,β-unsaturated/α-hetero) is 2. The smallest absolute Gasteiger partial charge is 0.207 e. The average molecular weight is 442 g/mol. The third-order valence-corrected chi connectivity index (χ3v) is 5.30. The standard InChI is InChI=1S/C22H23N3O3S2/c1-24(21(29)16-10-6-4-7-11-16)14-18(26)20(23-28-3)19(27)15-25(2)22(30)17-12-8-5-9-13-17/h4-13H,14-15H2,1-3H3. The SMILES string of the molecule is CON=C(C(=O)CN(C)C(=S)c1ccccc1)C(=O)CN(C)C(=S)c1ccccc1. The molecule has 0 aliphatic carbocycles. The van der Waals surface area contributed by atoms with Gasteiger partial charge in [0.05, 0.1) is 13.1 Å². The van der Waals surface area contributed by atoms with Gasteiger partial charge in [-0.05, 0) is 0 Å². The van der Waals surface area contributed by atoms with Crippen molar-refractivity contribution in [3.05, 3.63) is 71.8 Å². The minimum atomic E-state index is -0.485. The first-order valence-corrected chi connectivity index (χ1v) is 9.95. The maximum absolute atomic E-state index is 12.8. The van der Waals surface area contributed by atoms with Gasteiger partial charge in [0.15, 0.2) is 5.71 Å². The van der Waals surface area contributed by atoms with Crippen molar-refractivity contribution in [2.24, 2.45) is 5.16 Å². The molecule has 0 amide bonds. The number of hydrogen-bond acceptors (Lipinski definition) is 6. The lowest BCUT2D eigenvalue weighted by Crippen LogP contribution is -2.41. The van der Waals surface area contributed by atoms with Crippen molar-refractivity contribution in [2.45, 2.75) is 0 Å². The van der Waals surface area contributed by atoms with E-state index in [1.807, 2.05) is 60.7 Å². The van der Waals surface area contributed by atoms with Crippen LogP contribution in [-0.2, 0) is 14.4 Å². The van der Waals surface area contributed by atoms with E-state index in [2.05, 4.69) is 5.16 Å². The van der Waals surface area contributed by atoms with E-state index in [1.165, 1.54) is 7.11 Å². The summed E-state index contributed by atoms with van der Waals surface area (Å²) in [6, 6.07) is 18.7. The number of carbonyl (C=O) groups excluding carboxylic acids is 2. The van der Waals surface area contributed by atoms with Gasteiger partial charge < -0.3 is 14.6 Å². The summed E-state index contributed by atoms with van der Waals surface area (Å²) in [5.74, 6) is -0.969. The van der Waals surface area contributed by atoms with Crippen LogP contribution in [0.4, 0.5) is 0 Å². The molecule has 0 fully saturated rings. The van der Waals surface area contributed by atoms with Crippen LogP contribution in [0.2, 0.25) is 0 Å². The van der Waals surface area contributed by atoms with Gasteiger partial charge in [0, 0.05) is 25.2 Å². The zero-order valence-electron chi connectivity index (χ0n) is 17.1. The molecule has 0 spiro atoms. The number of thiocarbonyl (C=S) groups is 2. The summed E-state index contributed by atoms with van der Waals surface area (Å²) in [5, 5.41) is 3.67. The van der Waals surface area contributed by atoms with Crippen LogP contribution in [0.3, 0.4) is 0 Å². The molecule has 0 saturated heterocycles. The molecule has 0 saturated carbocycles. The molecule has 30 heavy (non-hydrogen) atoms. The van der Waals surface area contributed by atoms with Gasteiger partial charge in [-0.3, -0.25) is 9.59 Å². The highest BCUT2D eigenvalue weighted by atomic mass is 32.1. The Morgan fingerprint density at radius 1 is 0.800 bits per heavy atom. The number of oxime groups is 1. The summed E-state index contributed by atoms with van der Waals surface area (Å²) in [6.07, 6.45) is 0. The van der Waals surface area contributed by atoms with Crippen molar-refractivity contribution in [1.29, 1.82) is 0 Å². The molecule has 0 aliphatic rings. The summed E-state index contributed by atoms with van der Waals surface area (Å²) >= 11 is 10.9. The lowest BCUT2D eigenvalue weighted by molar-refractivity contribution is -0.117. The Bertz CT molecular complexity index is 873. The Hall–Kier alpha value is -2.97. The number of ketones is 2. The van der Waals surface area contributed by atoms with E-state index < -0.39 is 11.6 Å². The molecule has 0 radical (unpaired) electrons. The molecule has 6 nitrogen and oxygen atoms in total. The third-order valence-electron chi connectivity index (χ3n) is 4.21. The first-order chi connectivity index (χ1) is 14.3. The van der Waals surface area contributed by atoms with E-state index in [9.17, 15) is 9.59 Å². The Balaban J connectivity index is 2.05. The molecule has 2 aromatic rings. The maximum atomic E-state index is 12.8. The second kappa shape index (κ2) is 11.3. The molecule has 0 unspecified atom stereocenters. The van der Waals surface area contributed by atoms with Crippen molar-refractivity contribution >= 4 is 51.7 Å². The van der Waals surface area contributed by atoms with Gasteiger partial charge in [-0.15, -0.1) is 0 Å². The van der Waals surface area contributed by atoms with E-state index in [4.69, 9.17) is 29.3 Å². The minimum Gasteiger partial charge on any atom is -0.398 e. The predicted molar refractivity (Wildman–Crippen MR) is 126 cm³/mol. The molecule has 2 rings (SSSR count). The predicted octanol–water partition coefficient (Wildman–Crippen LogP) is 2.74. The Labute approximate surface area is 187 Å². The summed E-state index contributed by atoms with van der Waals surface area (Å²) in [4.78, 5) is 34.5. The first kappa shape index (κ1) is 23.3. The van der Waals surface area contributed by atoms with E-state index in [1.54, 1.807) is 23.9 Å². The fraction of sp³-hybridized carbons (Fsp3) is 0.227. The molecule has 2 aromatic carbocycles. The van der Waals surface area contributed by atoms with E-state index in [-0.39, 0.29) is 18.8 Å². The number of likely N-dealkylation sites (N-methyl/N-ethyl adjacent to an activating group) is 2. The fourth-order valence-electron chi connectivity index (χ4n) is 2.68. The quantitative estimate of drug-likeness (QED) is 0.257. The second-order valence-electron chi connectivity index (χ2n) is 6.52. The molecule has 0 heterocycles. The number of hydrogen-bond donors (Lipinski definition) is 0. The molecule has 0 N–H and O–H groups in total. The zero-order valence-corrected chi connectivity index (χ0v) is 18.7. The topological polar surface area (TPSA) is 62.2 Å². The molecule has 0 bridgehead atoms. The van der Waals surface area contributed by atoms with Crippen LogP contribution in [0.25, 0.3) is 0 Å². The molecule has 0 atom stereocenters. The normalized spacial score (nSPS) is 9.97. The number of benzene rings is 2. The summed E-state index contributed by atoms with van der Waals surface area (Å²) in [6.45, 7) is -0.205. The number of carbonyl (C=O) groups is 2. The molecule has 0 aliphatic heterocycles. The lowest BCUT2D eigenvalue weighted by Gasteiger charge is -2.21. The highest BCUT2D eigenvalue weighted by Crippen LogP contribution is 2.07. The van der Waals surface area contributed by atoms with Crippen LogP contribution in [0.15, 0.2) is 65.8 Å². The molecule has 0 aromatic heterocycles. The Morgan fingerprint density at radius 2 is 1.17 bits per heavy atom. The Kier molecular flexibility index (Phi) is 8.76. The van der Waals surface area contributed by atoms with E-state index >= 15 is 0 Å². The van der Waals surface area contributed by atoms with Crippen molar-refractivity contribution in [3.63, 3.8) is 0 Å². The van der Waals surface area contributed by atoms with Crippen molar-refractivity contribution in [2.75, 3.05) is 34.3 Å². The summed E-state index contributed by atoms with van der Waals surface area (Å²) < 4.78 is 0. The van der Waals surface area contributed by atoms with Gasteiger partial charge in [0.2, 0.25) is 11.6 Å². The van der Waals surface area contributed by atoms with E-state index in [0.717, 1.165) is 11.1 Å². The van der Waals surface area contributed by atoms with Gasteiger partial charge >= 0.3 is 0 Å². The van der Waals surface area contributed by atoms with Gasteiger partial charge in [0.1, 0.15) is 17.1 Å². The second-order valence-corrected chi connectivity index (χ2v) is 7.30. The van der Waals surface area contributed by atoms with Crippen LogP contribution in [-0.4, -0.2) is 71.3 Å². The van der Waals surface area contributed by atoms with Gasteiger partial charge in [-0.2, -0.15) is 0 Å². The molecule has 8 heteroatoms.